The molecular formula is C11H13FO3. The van der Waals surface area contributed by atoms with Crippen LogP contribution in [0.1, 0.15) is 24.2 Å². The molecule has 0 aliphatic heterocycles. The standard InChI is InChI=1S/C11H13FO3/c1-3-14-10-7-8(5-6-9(10)12)11(13)15-4-2/h5-7H,3-4H2,1-2H3. The highest BCUT2D eigenvalue weighted by Crippen LogP contribution is 2.19. The average molecular weight is 212 g/mol. The third-order valence-corrected chi connectivity index (χ3v) is 1.74. The van der Waals surface area contributed by atoms with Crippen molar-refractivity contribution in [2.75, 3.05) is 13.2 Å². The SMILES string of the molecule is CCOC(=O)c1ccc(F)c(OCC)c1. The van der Waals surface area contributed by atoms with Crippen LogP contribution < -0.4 is 4.74 Å². The van der Waals surface area contributed by atoms with Crippen molar-refractivity contribution >= 4 is 5.97 Å². The van der Waals surface area contributed by atoms with Crippen molar-refractivity contribution in [1.29, 1.82) is 0 Å². The number of hydrogen-bond donors (Lipinski definition) is 0. The van der Waals surface area contributed by atoms with E-state index < -0.39 is 11.8 Å². The Balaban J connectivity index is 2.91. The van der Waals surface area contributed by atoms with Crippen molar-refractivity contribution < 1.29 is 18.7 Å². The Morgan fingerprint density at radius 3 is 2.67 bits per heavy atom. The second-order valence-electron chi connectivity index (χ2n) is 2.80. The third-order valence-electron chi connectivity index (χ3n) is 1.74. The highest BCUT2D eigenvalue weighted by atomic mass is 19.1. The topological polar surface area (TPSA) is 35.5 Å². The highest BCUT2D eigenvalue weighted by Gasteiger charge is 2.10. The van der Waals surface area contributed by atoms with Crippen LogP contribution in [-0.4, -0.2) is 19.2 Å². The van der Waals surface area contributed by atoms with Gasteiger partial charge in [0.1, 0.15) is 0 Å². The molecule has 0 N–H and O–H groups in total. The summed E-state index contributed by atoms with van der Waals surface area (Å²) in [5.74, 6) is -0.883. The zero-order chi connectivity index (χ0) is 11.3. The molecule has 0 spiro atoms. The van der Waals surface area contributed by atoms with E-state index in [2.05, 4.69) is 0 Å². The molecule has 1 aromatic carbocycles. The van der Waals surface area contributed by atoms with Gasteiger partial charge in [0.2, 0.25) is 0 Å². The zero-order valence-electron chi connectivity index (χ0n) is 8.75. The van der Waals surface area contributed by atoms with Gasteiger partial charge in [-0.15, -0.1) is 0 Å². The minimum atomic E-state index is -0.482. The fraction of sp³-hybridized carbons (Fsp3) is 0.364. The largest absolute Gasteiger partial charge is 0.491 e. The predicted molar refractivity (Wildman–Crippen MR) is 53.5 cm³/mol. The van der Waals surface area contributed by atoms with Crippen molar-refractivity contribution in [3.8, 4) is 5.75 Å². The minimum Gasteiger partial charge on any atom is -0.491 e. The van der Waals surface area contributed by atoms with Gasteiger partial charge in [-0.05, 0) is 32.0 Å². The molecule has 82 valence electrons. The molecule has 15 heavy (non-hydrogen) atoms. The third kappa shape index (κ3) is 2.94. The van der Waals surface area contributed by atoms with Gasteiger partial charge in [-0.2, -0.15) is 0 Å². The van der Waals surface area contributed by atoms with E-state index in [0.717, 1.165) is 0 Å². The molecule has 0 atom stereocenters. The van der Waals surface area contributed by atoms with E-state index in [-0.39, 0.29) is 5.75 Å². The van der Waals surface area contributed by atoms with Crippen LogP contribution in [0.5, 0.6) is 5.75 Å². The molecule has 0 unspecified atom stereocenters. The van der Waals surface area contributed by atoms with Gasteiger partial charge in [-0.1, -0.05) is 0 Å². The Hall–Kier alpha value is -1.58. The van der Waals surface area contributed by atoms with E-state index in [1.807, 2.05) is 0 Å². The summed E-state index contributed by atoms with van der Waals surface area (Å²) in [5, 5.41) is 0. The van der Waals surface area contributed by atoms with Gasteiger partial charge < -0.3 is 9.47 Å². The summed E-state index contributed by atoms with van der Waals surface area (Å²) in [4.78, 5) is 11.3. The lowest BCUT2D eigenvalue weighted by atomic mass is 10.2. The number of esters is 1. The molecule has 4 heteroatoms. The lowest BCUT2D eigenvalue weighted by Gasteiger charge is -2.06. The molecule has 0 aliphatic carbocycles. The molecule has 0 amide bonds. The summed E-state index contributed by atoms with van der Waals surface area (Å²) in [6, 6.07) is 3.91. The molecule has 0 fully saturated rings. The Bertz CT molecular complexity index is 350. The summed E-state index contributed by atoms with van der Waals surface area (Å²) in [6.45, 7) is 4.10. The molecule has 1 aromatic rings. The maximum Gasteiger partial charge on any atom is 0.338 e. The van der Waals surface area contributed by atoms with Crippen molar-refractivity contribution in [2.24, 2.45) is 0 Å². The molecule has 3 nitrogen and oxygen atoms in total. The molecule has 0 bridgehead atoms. The fourth-order valence-electron chi connectivity index (χ4n) is 1.11. The summed E-state index contributed by atoms with van der Waals surface area (Å²) >= 11 is 0. The van der Waals surface area contributed by atoms with Crippen LogP contribution in [0, 0.1) is 5.82 Å². The van der Waals surface area contributed by atoms with Crippen molar-refractivity contribution in [2.45, 2.75) is 13.8 Å². The summed E-state index contributed by atoms with van der Waals surface area (Å²) in [6.07, 6.45) is 0. The van der Waals surface area contributed by atoms with Crippen LogP contribution in [-0.2, 0) is 4.74 Å². The van der Waals surface area contributed by atoms with Gasteiger partial charge >= 0.3 is 5.97 Å². The second kappa shape index (κ2) is 5.34. The molecular weight excluding hydrogens is 199 g/mol. The summed E-state index contributed by atoms with van der Waals surface area (Å²) in [7, 11) is 0. The van der Waals surface area contributed by atoms with E-state index in [0.29, 0.717) is 18.8 Å². The van der Waals surface area contributed by atoms with Crippen LogP contribution in [0.4, 0.5) is 4.39 Å². The number of carbonyl (C=O) groups excluding carboxylic acids is 1. The van der Waals surface area contributed by atoms with Gasteiger partial charge in [0.25, 0.3) is 0 Å². The van der Waals surface area contributed by atoms with E-state index in [1.165, 1.54) is 18.2 Å². The smallest absolute Gasteiger partial charge is 0.338 e. The van der Waals surface area contributed by atoms with Gasteiger partial charge in [0.15, 0.2) is 11.6 Å². The molecule has 0 saturated carbocycles. The lowest BCUT2D eigenvalue weighted by Crippen LogP contribution is -2.05. The van der Waals surface area contributed by atoms with Crippen LogP contribution in [0.15, 0.2) is 18.2 Å². The Labute approximate surface area is 87.8 Å². The first kappa shape index (κ1) is 11.5. The molecule has 1 rings (SSSR count). The second-order valence-corrected chi connectivity index (χ2v) is 2.80. The van der Waals surface area contributed by atoms with Crippen molar-refractivity contribution in [1.82, 2.24) is 0 Å². The number of hydrogen-bond acceptors (Lipinski definition) is 3. The van der Waals surface area contributed by atoms with Crippen LogP contribution >= 0.6 is 0 Å². The summed E-state index contributed by atoms with van der Waals surface area (Å²) in [5.41, 5.74) is 0.293. The predicted octanol–water partition coefficient (Wildman–Crippen LogP) is 2.40. The number of rotatable bonds is 4. The maximum atomic E-state index is 13.1. The highest BCUT2D eigenvalue weighted by molar-refractivity contribution is 5.89. The van der Waals surface area contributed by atoms with Gasteiger partial charge in [-0.25, -0.2) is 9.18 Å². The Morgan fingerprint density at radius 2 is 2.07 bits per heavy atom. The molecule has 0 radical (unpaired) electrons. The Morgan fingerprint density at radius 1 is 1.33 bits per heavy atom. The van der Waals surface area contributed by atoms with Gasteiger partial charge in [-0.3, -0.25) is 0 Å². The maximum absolute atomic E-state index is 13.1. The fourth-order valence-corrected chi connectivity index (χ4v) is 1.11. The van der Waals surface area contributed by atoms with E-state index >= 15 is 0 Å². The molecule has 0 aromatic heterocycles. The first-order chi connectivity index (χ1) is 7.19. The molecule has 0 saturated heterocycles. The first-order valence-electron chi connectivity index (χ1n) is 4.78. The minimum absolute atomic E-state index is 0.0723. The average Bonchev–Trinajstić information content (AvgIpc) is 2.22. The monoisotopic (exact) mass is 212 g/mol. The lowest BCUT2D eigenvalue weighted by molar-refractivity contribution is 0.0525. The number of halogens is 1. The molecule has 0 aliphatic rings. The van der Waals surface area contributed by atoms with E-state index in [4.69, 9.17) is 9.47 Å². The summed E-state index contributed by atoms with van der Waals surface area (Å²) < 4.78 is 22.9. The van der Waals surface area contributed by atoms with Gasteiger partial charge in [0.05, 0.1) is 18.8 Å². The van der Waals surface area contributed by atoms with Gasteiger partial charge in [0, 0.05) is 0 Å². The first-order valence-corrected chi connectivity index (χ1v) is 4.78. The molecule has 0 heterocycles. The van der Waals surface area contributed by atoms with Crippen molar-refractivity contribution in [3.05, 3.63) is 29.6 Å². The van der Waals surface area contributed by atoms with E-state index in [9.17, 15) is 9.18 Å². The number of benzene rings is 1. The van der Waals surface area contributed by atoms with Crippen LogP contribution in [0.25, 0.3) is 0 Å². The van der Waals surface area contributed by atoms with Crippen molar-refractivity contribution in [3.63, 3.8) is 0 Å². The Kier molecular flexibility index (Phi) is 4.09. The number of ether oxygens (including phenoxy) is 2. The number of carbonyl (C=O) groups is 1. The quantitative estimate of drug-likeness (QED) is 0.719. The van der Waals surface area contributed by atoms with Crippen LogP contribution in [0.2, 0.25) is 0 Å². The van der Waals surface area contributed by atoms with Crippen LogP contribution in [0.3, 0.4) is 0 Å². The van der Waals surface area contributed by atoms with E-state index in [1.54, 1.807) is 13.8 Å². The zero-order valence-corrected chi connectivity index (χ0v) is 8.75. The normalized spacial score (nSPS) is 9.80.